The first kappa shape index (κ1) is 25.0. The molecule has 1 heterocycles. The van der Waals surface area contributed by atoms with Crippen molar-refractivity contribution >= 4 is 22.7 Å². The third kappa shape index (κ3) is 5.27. The molecule has 2 amide bonds. The largest absolute Gasteiger partial charge is 0.493 e. The second kappa shape index (κ2) is 10.3. The van der Waals surface area contributed by atoms with Crippen LogP contribution in [0.1, 0.15) is 42.6 Å². The molecule has 0 saturated heterocycles. The maximum absolute atomic E-state index is 13.5. The van der Waals surface area contributed by atoms with Crippen molar-refractivity contribution < 1.29 is 19.1 Å². The van der Waals surface area contributed by atoms with Gasteiger partial charge < -0.3 is 20.1 Å². The van der Waals surface area contributed by atoms with Crippen molar-refractivity contribution in [2.75, 3.05) is 14.2 Å². The summed E-state index contributed by atoms with van der Waals surface area (Å²) < 4.78 is 13.0. The van der Waals surface area contributed by atoms with Crippen LogP contribution in [0.25, 0.3) is 10.9 Å². The summed E-state index contributed by atoms with van der Waals surface area (Å²) in [5.41, 5.74) is 0.289. The lowest BCUT2D eigenvalue weighted by Gasteiger charge is -2.17. The van der Waals surface area contributed by atoms with Crippen molar-refractivity contribution in [2.24, 2.45) is 0 Å². The van der Waals surface area contributed by atoms with Gasteiger partial charge in [-0.3, -0.25) is 23.5 Å². The average Bonchev–Trinajstić information content (AvgIpc) is 3.67. The van der Waals surface area contributed by atoms with Crippen molar-refractivity contribution in [1.82, 2.24) is 19.8 Å². The second-order valence-corrected chi connectivity index (χ2v) is 9.15. The van der Waals surface area contributed by atoms with Gasteiger partial charge in [0.15, 0.2) is 11.5 Å². The Morgan fingerprint density at radius 3 is 2.22 bits per heavy atom. The van der Waals surface area contributed by atoms with Crippen LogP contribution in [0.3, 0.4) is 0 Å². The van der Waals surface area contributed by atoms with Gasteiger partial charge >= 0.3 is 5.69 Å². The van der Waals surface area contributed by atoms with Gasteiger partial charge in [-0.2, -0.15) is 0 Å². The third-order valence-electron chi connectivity index (χ3n) is 5.95. The number of carbonyl (C=O) groups excluding carboxylic acids is 2. The maximum Gasteiger partial charge on any atom is 0.332 e. The van der Waals surface area contributed by atoms with Gasteiger partial charge in [-0.05, 0) is 50.5 Å². The normalized spacial score (nSPS) is 13.0. The highest BCUT2D eigenvalue weighted by molar-refractivity contribution is 5.94. The predicted octanol–water partition coefficient (Wildman–Crippen LogP) is 1.65. The zero-order valence-corrected chi connectivity index (χ0v) is 20.8. The molecule has 1 saturated carbocycles. The van der Waals surface area contributed by atoms with Crippen LogP contribution in [0.2, 0.25) is 0 Å². The van der Waals surface area contributed by atoms with Crippen LogP contribution in [0, 0.1) is 0 Å². The zero-order valence-electron chi connectivity index (χ0n) is 20.8. The van der Waals surface area contributed by atoms with Gasteiger partial charge in [-0.25, -0.2) is 4.79 Å². The molecule has 1 aromatic heterocycles. The number of nitrogens with zero attached hydrogens (tertiary/aromatic N) is 2. The van der Waals surface area contributed by atoms with E-state index in [0.29, 0.717) is 22.6 Å². The summed E-state index contributed by atoms with van der Waals surface area (Å²) in [5.74, 6) is 0.155. The molecule has 0 aliphatic heterocycles. The molecule has 36 heavy (non-hydrogen) atoms. The second-order valence-electron chi connectivity index (χ2n) is 9.15. The first-order chi connectivity index (χ1) is 17.2. The first-order valence-corrected chi connectivity index (χ1v) is 11.8. The SMILES string of the molecule is COc1cc2c(=O)n(Cc3ccc(C(=O)NC4CC4)cc3)c(=O)n(CC(=O)NC(C)C)c2cc1OC. The van der Waals surface area contributed by atoms with Crippen LogP contribution in [-0.4, -0.2) is 47.3 Å². The van der Waals surface area contributed by atoms with Crippen LogP contribution >= 0.6 is 0 Å². The first-order valence-electron chi connectivity index (χ1n) is 11.8. The number of rotatable bonds is 9. The third-order valence-corrected chi connectivity index (χ3v) is 5.95. The van der Waals surface area contributed by atoms with Crippen molar-refractivity contribution in [1.29, 1.82) is 0 Å². The number of hydrogen-bond acceptors (Lipinski definition) is 6. The Morgan fingerprint density at radius 2 is 1.64 bits per heavy atom. The van der Waals surface area contributed by atoms with Crippen molar-refractivity contribution in [2.45, 2.75) is 51.9 Å². The number of methoxy groups -OCH3 is 2. The Labute approximate surface area is 207 Å². The van der Waals surface area contributed by atoms with E-state index in [2.05, 4.69) is 10.6 Å². The summed E-state index contributed by atoms with van der Waals surface area (Å²) >= 11 is 0. The van der Waals surface area contributed by atoms with E-state index in [1.54, 1.807) is 24.3 Å². The molecule has 2 aromatic carbocycles. The molecule has 0 atom stereocenters. The van der Waals surface area contributed by atoms with E-state index in [1.165, 1.54) is 30.9 Å². The smallest absolute Gasteiger partial charge is 0.332 e. The van der Waals surface area contributed by atoms with Gasteiger partial charge in [0.05, 0.1) is 31.7 Å². The highest BCUT2D eigenvalue weighted by atomic mass is 16.5. The fourth-order valence-corrected chi connectivity index (χ4v) is 3.99. The van der Waals surface area contributed by atoms with Crippen LogP contribution in [0.4, 0.5) is 0 Å². The van der Waals surface area contributed by atoms with Gasteiger partial charge in [0.1, 0.15) is 6.54 Å². The van der Waals surface area contributed by atoms with E-state index in [0.717, 1.165) is 17.4 Å². The molecule has 1 aliphatic rings. The molecule has 190 valence electrons. The zero-order chi connectivity index (χ0) is 26.0. The lowest BCUT2D eigenvalue weighted by atomic mass is 10.1. The molecular formula is C26H30N4O6. The number of aromatic nitrogens is 2. The number of carbonyl (C=O) groups is 2. The fourth-order valence-electron chi connectivity index (χ4n) is 3.99. The van der Waals surface area contributed by atoms with E-state index in [-0.39, 0.29) is 47.9 Å². The van der Waals surface area contributed by atoms with Crippen LogP contribution in [-0.2, 0) is 17.9 Å². The Morgan fingerprint density at radius 1 is 1.00 bits per heavy atom. The summed E-state index contributed by atoms with van der Waals surface area (Å²) in [6.07, 6.45) is 1.99. The number of amides is 2. The van der Waals surface area contributed by atoms with Crippen LogP contribution in [0.5, 0.6) is 11.5 Å². The number of hydrogen-bond donors (Lipinski definition) is 2. The molecule has 10 heteroatoms. The van der Waals surface area contributed by atoms with Gasteiger partial charge in [0.25, 0.3) is 11.5 Å². The topological polar surface area (TPSA) is 121 Å². The average molecular weight is 495 g/mol. The maximum atomic E-state index is 13.5. The molecule has 0 unspecified atom stereocenters. The summed E-state index contributed by atoms with van der Waals surface area (Å²) in [4.78, 5) is 51.8. The summed E-state index contributed by atoms with van der Waals surface area (Å²) in [6.45, 7) is 3.34. The van der Waals surface area contributed by atoms with Crippen LogP contribution < -0.4 is 31.4 Å². The van der Waals surface area contributed by atoms with E-state index < -0.39 is 11.2 Å². The Hall–Kier alpha value is -4.08. The molecule has 0 radical (unpaired) electrons. The minimum Gasteiger partial charge on any atom is -0.493 e. The van der Waals surface area contributed by atoms with Gasteiger partial charge in [-0.15, -0.1) is 0 Å². The van der Waals surface area contributed by atoms with E-state index in [4.69, 9.17) is 9.47 Å². The highest BCUT2D eigenvalue weighted by Crippen LogP contribution is 2.30. The van der Waals surface area contributed by atoms with E-state index >= 15 is 0 Å². The molecule has 3 aromatic rings. The van der Waals surface area contributed by atoms with Gasteiger partial charge in [0.2, 0.25) is 5.91 Å². The predicted molar refractivity (Wildman–Crippen MR) is 135 cm³/mol. The minimum atomic E-state index is -0.630. The quantitative estimate of drug-likeness (QED) is 0.467. The molecule has 2 N–H and O–H groups in total. The Bertz CT molecular complexity index is 1420. The highest BCUT2D eigenvalue weighted by Gasteiger charge is 2.24. The standard InChI is InChI=1S/C26H30N4O6/c1-15(2)27-23(31)14-29-20-12-22(36-4)21(35-3)11-19(20)25(33)30(26(29)34)13-16-5-7-17(8-6-16)24(32)28-18-9-10-18/h5-8,11-12,15,18H,9-10,13-14H2,1-4H3,(H,27,31)(H,28,32). The van der Waals surface area contributed by atoms with Crippen molar-refractivity contribution in [3.8, 4) is 11.5 Å². The molecular weight excluding hydrogens is 464 g/mol. The molecule has 1 fully saturated rings. The minimum absolute atomic E-state index is 0.0295. The molecule has 0 spiro atoms. The van der Waals surface area contributed by atoms with Crippen molar-refractivity contribution in [3.05, 3.63) is 68.4 Å². The molecule has 4 rings (SSSR count). The Kier molecular flexibility index (Phi) is 7.14. The lowest BCUT2D eigenvalue weighted by Crippen LogP contribution is -2.43. The summed E-state index contributed by atoms with van der Waals surface area (Å²) in [7, 11) is 2.91. The van der Waals surface area contributed by atoms with Gasteiger partial charge in [-0.1, -0.05) is 12.1 Å². The van der Waals surface area contributed by atoms with Crippen molar-refractivity contribution in [3.63, 3.8) is 0 Å². The molecule has 1 aliphatic carbocycles. The Balaban J connectivity index is 1.77. The number of nitrogens with one attached hydrogen (secondary N) is 2. The number of ether oxygens (including phenoxy) is 2. The summed E-state index contributed by atoms with van der Waals surface area (Å²) in [6, 6.07) is 9.92. The van der Waals surface area contributed by atoms with E-state index in [9.17, 15) is 19.2 Å². The molecule has 0 bridgehead atoms. The number of fused-ring (bicyclic) bond motifs is 1. The van der Waals surface area contributed by atoms with Crippen LogP contribution in [0.15, 0.2) is 46.0 Å². The van der Waals surface area contributed by atoms with E-state index in [1.807, 2.05) is 13.8 Å². The molecule has 10 nitrogen and oxygen atoms in total. The summed E-state index contributed by atoms with van der Waals surface area (Å²) in [5, 5.41) is 5.92. The lowest BCUT2D eigenvalue weighted by molar-refractivity contribution is -0.122. The number of benzene rings is 2. The van der Waals surface area contributed by atoms with Gasteiger partial charge in [0, 0.05) is 23.7 Å². The monoisotopic (exact) mass is 494 g/mol. The fraction of sp³-hybridized carbons (Fsp3) is 0.385.